The van der Waals surface area contributed by atoms with Gasteiger partial charge in [0.25, 0.3) is 5.91 Å². The molecule has 0 aliphatic rings. The van der Waals surface area contributed by atoms with Gasteiger partial charge in [-0.05, 0) is 35.4 Å². The molecule has 0 saturated carbocycles. The summed E-state index contributed by atoms with van der Waals surface area (Å²) in [6.07, 6.45) is -7.44. The second-order valence-electron chi connectivity index (χ2n) is 7.73. The number of amides is 2. The normalized spacial score (nSPS) is 13.9. The van der Waals surface area contributed by atoms with Crippen molar-refractivity contribution in [1.82, 2.24) is 10.6 Å². The molecule has 208 valence electrons. The summed E-state index contributed by atoms with van der Waals surface area (Å²) >= 11 is 23.7. The lowest BCUT2D eigenvalue weighted by Gasteiger charge is -2.19. The number of ether oxygens (including phenoxy) is 1. The highest BCUT2D eigenvalue weighted by molar-refractivity contribution is 6.48. The van der Waals surface area contributed by atoms with Crippen LogP contribution in [0.2, 0.25) is 20.1 Å². The first-order valence-corrected chi connectivity index (χ1v) is 11.9. The summed E-state index contributed by atoms with van der Waals surface area (Å²) in [6, 6.07) is 4.25. The summed E-state index contributed by atoms with van der Waals surface area (Å²) in [4.78, 5) is 24.6. The van der Waals surface area contributed by atoms with Crippen LogP contribution in [0.25, 0.3) is 6.08 Å². The molecule has 0 saturated heterocycles. The summed E-state index contributed by atoms with van der Waals surface area (Å²) in [5, 5.41) is 3.24. The van der Waals surface area contributed by atoms with Gasteiger partial charge in [-0.25, -0.2) is 0 Å². The van der Waals surface area contributed by atoms with E-state index in [9.17, 15) is 35.9 Å². The van der Waals surface area contributed by atoms with Crippen molar-refractivity contribution in [2.24, 2.45) is 0 Å². The molecule has 2 aromatic carbocycles. The van der Waals surface area contributed by atoms with Crippen molar-refractivity contribution in [2.45, 2.75) is 24.3 Å². The Bertz CT molecular complexity index is 1180. The SMILES string of the molecule is COCC(NC(=O)c1ccc(/C=C/C(c2cc(Cl)c(Cl)c(Cl)c2)C(F)(F)F)cc1Cl)C(=O)NCC(F)(F)F. The number of alkyl halides is 6. The topological polar surface area (TPSA) is 67.4 Å². The highest BCUT2D eigenvalue weighted by Crippen LogP contribution is 2.41. The maximum absolute atomic E-state index is 13.7. The van der Waals surface area contributed by atoms with Crippen LogP contribution in [-0.4, -0.2) is 50.5 Å². The molecule has 0 bridgehead atoms. The number of halogens is 10. The minimum Gasteiger partial charge on any atom is -0.382 e. The van der Waals surface area contributed by atoms with Gasteiger partial charge in [-0.2, -0.15) is 26.3 Å². The minimum atomic E-state index is -4.72. The molecule has 0 radical (unpaired) electrons. The molecule has 0 spiro atoms. The van der Waals surface area contributed by atoms with E-state index in [0.717, 1.165) is 24.3 Å². The molecule has 2 rings (SSSR count). The zero-order chi connectivity index (χ0) is 28.8. The van der Waals surface area contributed by atoms with Crippen LogP contribution in [-0.2, 0) is 9.53 Å². The molecule has 15 heteroatoms. The lowest BCUT2D eigenvalue weighted by atomic mass is 9.97. The third kappa shape index (κ3) is 9.23. The molecule has 2 unspecified atom stereocenters. The van der Waals surface area contributed by atoms with Crippen molar-refractivity contribution >= 4 is 64.3 Å². The van der Waals surface area contributed by atoms with Crippen molar-refractivity contribution in [2.75, 3.05) is 20.3 Å². The molecule has 0 aliphatic carbocycles. The maximum Gasteiger partial charge on any atom is 0.405 e. The second kappa shape index (κ2) is 13.3. The highest BCUT2D eigenvalue weighted by atomic mass is 35.5. The van der Waals surface area contributed by atoms with Crippen LogP contribution in [0.1, 0.15) is 27.4 Å². The van der Waals surface area contributed by atoms with Gasteiger partial charge < -0.3 is 15.4 Å². The number of nitrogens with one attached hydrogen (secondary N) is 2. The van der Waals surface area contributed by atoms with Gasteiger partial charge in [0.05, 0.1) is 38.2 Å². The second-order valence-corrected chi connectivity index (χ2v) is 9.33. The summed E-state index contributed by atoms with van der Waals surface area (Å²) < 4.78 is 83.1. The van der Waals surface area contributed by atoms with E-state index in [-0.39, 0.29) is 36.8 Å². The standard InChI is InChI=1S/C23H18Cl4F6N2O3/c1-38-9-18(21(37)34-10-22(28,29)30)35-20(36)13-4-2-11(6-15(13)24)3-5-14(23(31,32)33)12-7-16(25)19(27)17(26)8-12/h2-8,14,18H,9-10H2,1H3,(H,34,37)(H,35,36)/b5-3+. The zero-order valence-corrected chi connectivity index (χ0v) is 22.1. The third-order valence-electron chi connectivity index (χ3n) is 4.86. The first-order valence-electron chi connectivity index (χ1n) is 10.4. The number of carbonyl (C=O) groups excluding carboxylic acids is 2. The van der Waals surface area contributed by atoms with E-state index in [2.05, 4.69) is 5.32 Å². The van der Waals surface area contributed by atoms with Crippen molar-refractivity contribution in [3.63, 3.8) is 0 Å². The van der Waals surface area contributed by atoms with Crippen LogP contribution in [0.5, 0.6) is 0 Å². The molecule has 2 amide bonds. The number of rotatable bonds is 9. The Labute approximate surface area is 233 Å². The molecule has 38 heavy (non-hydrogen) atoms. The number of benzene rings is 2. The minimum absolute atomic E-state index is 0.0896. The number of hydrogen-bond acceptors (Lipinski definition) is 3. The quantitative estimate of drug-likeness (QED) is 0.231. The summed E-state index contributed by atoms with van der Waals surface area (Å²) in [6.45, 7) is -2.05. The molecule has 0 fully saturated rings. The number of methoxy groups -OCH3 is 1. The lowest BCUT2D eigenvalue weighted by Crippen LogP contribution is -2.51. The van der Waals surface area contributed by atoms with E-state index in [1.165, 1.54) is 25.3 Å². The smallest absolute Gasteiger partial charge is 0.382 e. The van der Waals surface area contributed by atoms with Gasteiger partial charge in [0.1, 0.15) is 12.6 Å². The average Bonchev–Trinajstić information content (AvgIpc) is 2.79. The molecule has 0 aromatic heterocycles. The highest BCUT2D eigenvalue weighted by Gasteiger charge is 2.39. The van der Waals surface area contributed by atoms with Crippen molar-refractivity contribution in [1.29, 1.82) is 0 Å². The first-order chi connectivity index (χ1) is 17.5. The monoisotopic (exact) mass is 624 g/mol. The Morgan fingerprint density at radius 2 is 1.58 bits per heavy atom. The number of allylic oxidation sites excluding steroid dienone is 1. The van der Waals surface area contributed by atoms with Crippen molar-refractivity contribution < 1.29 is 40.7 Å². The molecular weight excluding hydrogens is 608 g/mol. The summed E-state index contributed by atoms with van der Waals surface area (Å²) in [5.41, 5.74) is -0.260. The molecule has 0 aliphatic heterocycles. The van der Waals surface area contributed by atoms with E-state index in [1.54, 1.807) is 5.32 Å². The van der Waals surface area contributed by atoms with E-state index < -0.39 is 49.3 Å². The first kappa shape index (κ1) is 32.0. The van der Waals surface area contributed by atoms with Crippen LogP contribution in [0.15, 0.2) is 36.4 Å². The number of carbonyl (C=O) groups is 2. The molecular formula is C23H18Cl4F6N2O3. The van der Waals surface area contributed by atoms with Gasteiger partial charge in [0, 0.05) is 7.11 Å². The van der Waals surface area contributed by atoms with Crippen LogP contribution < -0.4 is 10.6 Å². The van der Waals surface area contributed by atoms with Gasteiger partial charge >= 0.3 is 12.4 Å². The molecule has 5 nitrogen and oxygen atoms in total. The molecule has 2 atom stereocenters. The fourth-order valence-electron chi connectivity index (χ4n) is 3.09. The van der Waals surface area contributed by atoms with Crippen molar-refractivity contribution in [3.8, 4) is 0 Å². The van der Waals surface area contributed by atoms with Crippen molar-refractivity contribution in [3.05, 3.63) is 73.2 Å². The van der Waals surface area contributed by atoms with E-state index in [1.807, 2.05) is 0 Å². The van der Waals surface area contributed by atoms with E-state index in [4.69, 9.17) is 51.1 Å². The molecule has 2 N–H and O–H groups in total. The molecule has 0 heterocycles. The van der Waals surface area contributed by atoms with E-state index >= 15 is 0 Å². The zero-order valence-electron chi connectivity index (χ0n) is 19.1. The predicted molar refractivity (Wildman–Crippen MR) is 133 cm³/mol. The Kier molecular flexibility index (Phi) is 11.2. The predicted octanol–water partition coefficient (Wildman–Crippen LogP) is 7.08. The van der Waals surface area contributed by atoms with Gasteiger partial charge in [-0.1, -0.05) is 64.6 Å². The Balaban J connectivity index is 2.24. The summed E-state index contributed by atoms with van der Waals surface area (Å²) in [7, 11) is 1.17. The van der Waals surface area contributed by atoms with Gasteiger partial charge in [0.2, 0.25) is 5.91 Å². The van der Waals surface area contributed by atoms with Crippen LogP contribution in [0.4, 0.5) is 26.3 Å². The van der Waals surface area contributed by atoms with Gasteiger partial charge in [-0.15, -0.1) is 0 Å². The average molecular weight is 626 g/mol. The summed E-state index contributed by atoms with van der Waals surface area (Å²) in [5.74, 6) is -4.18. The van der Waals surface area contributed by atoms with E-state index in [0.29, 0.717) is 0 Å². The Hall–Kier alpha value is -2.18. The number of hydrogen-bond donors (Lipinski definition) is 2. The third-order valence-corrected chi connectivity index (χ3v) is 6.36. The Morgan fingerprint density at radius 3 is 2.08 bits per heavy atom. The van der Waals surface area contributed by atoms with Crippen LogP contribution in [0.3, 0.4) is 0 Å². The Morgan fingerprint density at radius 1 is 0.974 bits per heavy atom. The van der Waals surface area contributed by atoms with Gasteiger partial charge in [-0.3, -0.25) is 9.59 Å². The maximum atomic E-state index is 13.7. The fourth-order valence-corrected chi connectivity index (χ4v) is 3.97. The van der Waals surface area contributed by atoms with Crippen LogP contribution in [0, 0.1) is 0 Å². The van der Waals surface area contributed by atoms with Crippen LogP contribution >= 0.6 is 46.4 Å². The lowest BCUT2D eigenvalue weighted by molar-refractivity contribution is -0.140. The largest absolute Gasteiger partial charge is 0.405 e. The fraction of sp³-hybridized carbons (Fsp3) is 0.304. The molecule has 2 aromatic rings. The van der Waals surface area contributed by atoms with Gasteiger partial charge in [0.15, 0.2) is 0 Å².